The molecule has 1 aliphatic rings. The van der Waals surface area contributed by atoms with Crippen molar-refractivity contribution in [2.24, 2.45) is 7.05 Å². The second-order valence-corrected chi connectivity index (χ2v) is 19.0. The Labute approximate surface area is 329 Å². The van der Waals surface area contributed by atoms with Crippen LogP contribution in [0.5, 0.6) is 11.5 Å². The van der Waals surface area contributed by atoms with Crippen LogP contribution in [0.25, 0.3) is 50.0 Å². The molecule has 0 bridgehead atoms. The molecule has 0 unspecified atom stereocenters. The van der Waals surface area contributed by atoms with Gasteiger partial charge in [-0.05, 0) is 81.4 Å². The number of hydrogen-bond acceptors (Lipinski definition) is 4. The van der Waals surface area contributed by atoms with Gasteiger partial charge in [-0.2, -0.15) is 0 Å². The lowest BCUT2D eigenvalue weighted by Gasteiger charge is -2.40. The standard InChI is InChI=1S/C49H34N4OSSi/c1-52-40-22-9-8-21-39(40)51-49(52)33-15-14-16-34(31-33)54-35-26-27-38-42(32-35)53(46-25-12-13-30-50-46)41-28-29-45-48(47(38)41)55-43-23-10-11-24-44(43)56(45,36-17-4-2-5-18-36)37-19-6-3-7-20-37/h2-32H,1H3. The summed E-state index contributed by atoms with van der Waals surface area (Å²) < 4.78 is 11.1. The van der Waals surface area contributed by atoms with E-state index in [1.807, 2.05) is 48.3 Å². The van der Waals surface area contributed by atoms with Gasteiger partial charge in [-0.1, -0.05) is 127 Å². The van der Waals surface area contributed by atoms with Gasteiger partial charge >= 0.3 is 0 Å². The molecule has 10 aromatic rings. The van der Waals surface area contributed by atoms with E-state index in [4.69, 9.17) is 14.7 Å². The van der Waals surface area contributed by atoms with Gasteiger partial charge in [0.15, 0.2) is 8.07 Å². The normalized spacial score (nSPS) is 13.2. The van der Waals surface area contributed by atoms with E-state index in [-0.39, 0.29) is 0 Å². The number of ether oxygens (including phenoxy) is 1. The Bertz CT molecular complexity index is 3070. The summed E-state index contributed by atoms with van der Waals surface area (Å²) in [4.78, 5) is 12.5. The molecule has 0 saturated heterocycles. The van der Waals surface area contributed by atoms with Crippen molar-refractivity contribution >= 4 is 73.4 Å². The minimum Gasteiger partial charge on any atom is -0.457 e. The van der Waals surface area contributed by atoms with E-state index in [2.05, 4.69) is 168 Å². The molecular weight excluding hydrogens is 721 g/mol. The third-order valence-electron chi connectivity index (χ3n) is 11.2. The summed E-state index contributed by atoms with van der Waals surface area (Å²) in [5.74, 6) is 3.27. The molecular formula is C49H34N4OSSi. The van der Waals surface area contributed by atoms with E-state index >= 15 is 0 Å². The lowest BCUT2D eigenvalue weighted by Crippen LogP contribution is -2.76. The summed E-state index contributed by atoms with van der Waals surface area (Å²) in [6.45, 7) is 0. The molecule has 4 heterocycles. The van der Waals surface area contributed by atoms with Crippen LogP contribution in [0.3, 0.4) is 0 Å². The van der Waals surface area contributed by atoms with Crippen molar-refractivity contribution in [2.75, 3.05) is 0 Å². The third-order valence-corrected chi connectivity index (χ3v) is 17.6. The van der Waals surface area contributed by atoms with Gasteiger partial charge < -0.3 is 9.30 Å². The van der Waals surface area contributed by atoms with Crippen LogP contribution in [0, 0.1) is 0 Å². The molecule has 0 atom stereocenters. The summed E-state index contributed by atoms with van der Waals surface area (Å²) in [6, 6.07) is 65.2. The monoisotopic (exact) mass is 754 g/mol. The Kier molecular flexibility index (Phi) is 7.59. The number of nitrogens with zero attached hydrogens (tertiary/aromatic N) is 4. The molecule has 0 saturated carbocycles. The van der Waals surface area contributed by atoms with Gasteiger partial charge in [0.05, 0.1) is 22.1 Å². The first-order chi connectivity index (χ1) is 27.7. The maximum Gasteiger partial charge on any atom is 0.181 e. The number of imidazole rings is 1. The summed E-state index contributed by atoms with van der Waals surface area (Å²) in [7, 11) is -0.679. The average Bonchev–Trinajstić information content (AvgIpc) is 3.78. The second kappa shape index (κ2) is 13.0. The first-order valence-electron chi connectivity index (χ1n) is 18.8. The van der Waals surface area contributed by atoms with Crippen molar-refractivity contribution in [3.63, 3.8) is 0 Å². The Morgan fingerprint density at radius 2 is 1.30 bits per heavy atom. The van der Waals surface area contributed by atoms with Gasteiger partial charge in [-0.3, -0.25) is 4.57 Å². The molecule has 56 heavy (non-hydrogen) atoms. The quantitative estimate of drug-likeness (QED) is 0.159. The molecule has 7 aromatic carbocycles. The van der Waals surface area contributed by atoms with E-state index < -0.39 is 8.07 Å². The van der Waals surface area contributed by atoms with Gasteiger partial charge in [0.2, 0.25) is 0 Å². The zero-order chi connectivity index (χ0) is 37.2. The zero-order valence-corrected chi connectivity index (χ0v) is 32.3. The van der Waals surface area contributed by atoms with Gasteiger partial charge in [-0.15, -0.1) is 0 Å². The van der Waals surface area contributed by atoms with Gasteiger partial charge in [0.1, 0.15) is 23.1 Å². The highest BCUT2D eigenvalue weighted by Gasteiger charge is 2.47. The fraction of sp³-hybridized carbons (Fsp3) is 0.0204. The number of benzene rings is 7. The largest absolute Gasteiger partial charge is 0.457 e. The van der Waals surface area contributed by atoms with Crippen molar-refractivity contribution < 1.29 is 4.74 Å². The van der Waals surface area contributed by atoms with Crippen LogP contribution in [-0.4, -0.2) is 27.2 Å². The van der Waals surface area contributed by atoms with Crippen LogP contribution in [-0.2, 0) is 7.05 Å². The van der Waals surface area contributed by atoms with E-state index in [1.165, 1.54) is 41.3 Å². The topological polar surface area (TPSA) is 44.9 Å². The van der Waals surface area contributed by atoms with Gasteiger partial charge in [0.25, 0.3) is 0 Å². The predicted octanol–water partition coefficient (Wildman–Crippen LogP) is 9.37. The zero-order valence-electron chi connectivity index (χ0n) is 30.5. The van der Waals surface area contributed by atoms with Crippen molar-refractivity contribution in [3.05, 3.63) is 188 Å². The fourth-order valence-electron chi connectivity index (χ4n) is 8.78. The number of pyridine rings is 1. The van der Waals surface area contributed by atoms with Crippen LogP contribution in [0.2, 0.25) is 0 Å². The predicted molar refractivity (Wildman–Crippen MR) is 233 cm³/mol. The highest BCUT2D eigenvalue weighted by atomic mass is 32.2. The Morgan fingerprint density at radius 1 is 0.571 bits per heavy atom. The Hall–Kier alpha value is -6.67. The molecule has 266 valence electrons. The third kappa shape index (κ3) is 4.94. The molecule has 5 nitrogen and oxygen atoms in total. The lowest BCUT2D eigenvalue weighted by molar-refractivity contribution is 0.483. The number of fused-ring (bicyclic) bond motifs is 7. The molecule has 0 radical (unpaired) electrons. The number of hydrogen-bond donors (Lipinski definition) is 0. The number of aryl methyl sites for hydroxylation is 1. The van der Waals surface area contributed by atoms with Crippen LogP contribution < -0.4 is 25.5 Å². The SMILES string of the molecule is Cn1c(-c2cccc(Oc3ccc4c5c6c(ccc5n(-c5ccccn5)c4c3)[Si](c3ccccc3)(c3ccccc3)c3ccccc3S6)c2)nc2ccccc21. The molecule has 0 spiro atoms. The van der Waals surface area contributed by atoms with Crippen LogP contribution in [0.15, 0.2) is 198 Å². The molecule has 1 aliphatic heterocycles. The summed E-state index contributed by atoms with van der Waals surface area (Å²) in [6.07, 6.45) is 1.87. The van der Waals surface area contributed by atoms with Gasteiger partial charge in [-0.25, -0.2) is 9.97 Å². The lowest BCUT2D eigenvalue weighted by atomic mass is 10.1. The van der Waals surface area contributed by atoms with Crippen LogP contribution >= 0.6 is 11.8 Å². The van der Waals surface area contributed by atoms with Crippen molar-refractivity contribution in [2.45, 2.75) is 9.79 Å². The highest BCUT2D eigenvalue weighted by molar-refractivity contribution is 8.00. The minimum atomic E-state index is -2.74. The van der Waals surface area contributed by atoms with Gasteiger partial charge in [0, 0.05) is 45.4 Å². The Morgan fingerprint density at radius 3 is 2.09 bits per heavy atom. The van der Waals surface area contributed by atoms with Crippen LogP contribution in [0.4, 0.5) is 0 Å². The second-order valence-electron chi connectivity index (χ2n) is 14.2. The summed E-state index contributed by atoms with van der Waals surface area (Å²) >= 11 is 1.90. The molecule has 3 aromatic heterocycles. The summed E-state index contributed by atoms with van der Waals surface area (Å²) in [5, 5.41) is 8.00. The number of aromatic nitrogens is 4. The first-order valence-corrected chi connectivity index (χ1v) is 21.6. The van der Waals surface area contributed by atoms with E-state index in [0.29, 0.717) is 0 Å². The molecule has 11 rings (SSSR count). The van der Waals surface area contributed by atoms with E-state index in [9.17, 15) is 0 Å². The number of para-hydroxylation sites is 2. The molecule has 0 fully saturated rings. The maximum absolute atomic E-state index is 6.69. The molecule has 0 amide bonds. The fourth-order valence-corrected chi connectivity index (χ4v) is 15.9. The first kappa shape index (κ1) is 32.7. The number of rotatable bonds is 6. The average molecular weight is 755 g/mol. The smallest absolute Gasteiger partial charge is 0.181 e. The van der Waals surface area contributed by atoms with E-state index in [1.54, 1.807) is 0 Å². The summed E-state index contributed by atoms with van der Waals surface area (Å²) in [5.41, 5.74) is 5.23. The highest BCUT2D eigenvalue weighted by Crippen LogP contribution is 2.43. The molecule has 0 N–H and O–H groups in total. The van der Waals surface area contributed by atoms with Crippen molar-refractivity contribution in [1.29, 1.82) is 0 Å². The van der Waals surface area contributed by atoms with E-state index in [0.717, 1.165) is 50.8 Å². The minimum absolute atomic E-state index is 0.750. The van der Waals surface area contributed by atoms with Crippen molar-refractivity contribution in [1.82, 2.24) is 19.1 Å². The Balaban J connectivity index is 1.13. The van der Waals surface area contributed by atoms with Crippen molar-refractivity contribution in [3.8, 4) is 28.7 Å². The maximum atomic E-state index is 6.69. The van der Waals surface area contributed by atoms with Crippen LogP contribution in [0.1, 0.15) is 0 Å². The molecule has 7 heteroatoms. The molecule has 0 aliphatic carbocycles.